The van der Waals surface area contributed by atoms with Gasteiger partial charge >= 0.3 is 0 Å². The number of primary amides is 1. The topological polar surface area (TPSA) is 92.9 Å². The number of aromatic nitrogens is 1. The van der Waals surface area contributed by atoms with Crippen molar-refractivity contribution in [3.05, 3.63) is 41.6 Å². The third-order valence-electron chi connectivity index (χ3n) is 4.62. The Morgan fingerprint density at radius 3 is 2.58 bits per heavy atom. The van der Waals surface area contributed by atoms with Crippen molar-refractivity contribution in [1.29, 1.82) is 0 Å². The molecule has 2 aromatic carbocycles. The van der Waals surface area contributed by atoms with Gasteiger partial charge in [0.15, 0.2) is 23.0 Å². The molecule has 0 bridgehead atoms. The average Bonchev–Trinajstić information content (AvgIpc) is 3.29. The maximum absolute atomic E-state index is 11.9. The number of ether oxygens (including phenoxy) is 4. The number of carbonyl (C=O) groups excluding carboxylic acids is 1. The molecule has 3 aromatic rings. The zero-order valence-electron chi connectivity index (χ0n) is 13.9. The second-order valence-corrected chi connectivity index (χ2v) is 6.09. The van der Waals surface area contributed by atoms with Crippen LogP contribution in [-0.4, -0.2) is 24.5 Å². The van der Waals surface area contributed by atoms with Gasteiger partial charge in [-0.2, -0.15) is 0 Å². The molecule has 130 valence electrons. The first-order valence-electron chi connectivity index (χ1n) is 8.06. The highest BCUT2D eigenvalue weighted by Crippen LogP contribution is 2.46. The van der Waals surface area contributed by atoms with Crippen LogP contribution in [0.3, 0.4) is 0 Å². The summed E-state index contributed by atoms with van der Waals surface area (Å²) in [4.78, 5) is 16.4. The molecule has 7 nitrogen and oxygen atoms in total. The molecule has 7 heteroatoms. The third kappa shape index (κ3) is 2.00. The minimum Gasteiger partial charge on any atom is -0.454 e. The molecule has 26 heavy (non-hydrogen) atoms. The third-order valence-corrected chi connectivity index (χ3v) is 4.62. The summed E-state index contributed by atoms with van der Waals surface area (Å²) in [5, 5.41) is 0.779. The molecule has 3 heterocycles. The van der Waals surface area contributed by atoms with Crippen LogP contribution in [0.5, 0.6) is 23.0 Å². The number of fused-ring (bicyclic) bond motifs is 4. The maximum Gasteiger partial charge on any atom is 0.267 e. The van der Waals surface area contributed by atoms with Gasteiger partial charge in [-0.15, -0.1) is 0 Å². The fraction of sp³-hybridized carbons (Fsp3) is 0.158. The van der Waals surface area contributed by atoms with Crippen LogP contribution in [0.2, 0.25) is 0 Å². The van der Waals surface area contributed by atoms with Crippen molar-refractivity contribution in [3.63, 3.8) is 0 Å². The van der Waals surface area contributed by atoms with E-state index in [1.807, 2.05) is 25.1 Å². The van der Waals surface area contributed by atoms with E-state index >= 15 is 0 Å². The summed E-state index contributed by atoms with van der Waals surface area (Å²) in [6.07, 6.45) is 0. The van der Waals surface area contributed by atoms with Gasteiger partial charge in [0.05, 0.1) is 10.9 Å². The Bertz CT molecular complexity index is 1090. The van der Waals surface area contributed by atoms with E-state index in [1.165, 1.54) is 0 Å². The first kappa shape index (κ1) is 14.8. The van der Waals surface area contributed by atoms with Crippen LogP contribution < -0.4 is 24.7 Å². The van der Waals surface area contributed by atoms with Crippen molar-refractivity contribution in [2.75, 3.05) is 13.6 Å². The summed E-state index contributed by atoms with van der Waals surface area (Å²) in [5.41, 5.74) is 8.73. The Hall–Kier alpha value is -3.48. The van der Waals surface area contributed by atoms with E-state index in [2.05, 4.69) is 4.98 Å². The van der Waals surface area contributed by atoms with Gasteiger partial charge in [0, 0.05) is 5.56 Å². The minimum absolute atomic E-state index is 0.144. The Morgan fingerprint density at radius 2 is 1.73 bits per heavy atom. The average molecular weight is 350 g/mol. The normalized spacial score (nSPS) is 14.0. The van der Waals surface area contributed by atoms with Crippen molar-refractivity contribution < 1.29 is 23.7 Å². The second kappa shape index (κ2) is 5.26. The van der Waals surface area contributed by atoms with Gasteiger partial charge < -0.3 is 24.7 Å². The van der Waals surface area contributed by atoms with E-state index in [0.717, 1.165) is 16.5 Å². The lowest BCUT2D eigenvalue weighted by atomic mass is 9.93. The van der Waals surface area contributed by atoms with Crippen molar-refractivity contribution in [3.8, 4) is 34.1 Å². The van der Waals surface area contributed by atoms with Crippen molar-refractivity contribution >= 4 is 16.8 Å². The molecular formula is C19H14N2O5. The van der Waals surface area contributed by atoms with Crippen LogP contribution in [0, 0.1) is 6.92 Å². The summed E-state index contributed by atoms with van der Waals surface area (Å²) in [5.74, 6) is 2.01. The monoisotopic (exact) mass is 350 g/mol. The molecule has 2 aliphatic rings. The van der Waals surface area contributed by atoms with Crippen LogP contribution in [0.25, 0.3) is 22.0 Å². The number of rotatable bonds is 2. The van der Waals surface area contributed by atoms with Crippen LogP contribution in [-0.2, 0) is 0 Å². The molecule has 1 aromatic heterocycles. The minimum atomic E-state index is -0.580. The quantitative estimate of drug-likeness (QED) is 0.764. The van der Waals surface area contributed by atoms with E-state index in [0.29, 0.717) is 34.1 Å². The smallest absolute Gasteiger partial charge is 0.267 e. The molecule has 0 saturated carbocycles. The molecule has 0 radical (unpaired) electrons. The summed E-state index contributed by atoms with van der Waals surface area (Å²) in [7, 11) is 0. The molecule has 0 spiro atoms. The van der Waals surface area contributed by atoms with E-state index in [-0.39, 0.29) is 19.3 Å². The van der Waals surface area contributed by atoms with E-state index in [4.69, 9.17) is 24.7 Å². The van der Waals surface area contributed by atoms with E-state index in [1.54, 1.807) is 12.1 Å². The summed E-state index contributed by atoms with van der Waals surface area (Å²) < 4.78 is 22.1. The molecule has 0 unspecified atom stereocenters. The summed E-state index contributed by atoms with van der Waals surface area (Å²) >= 11 is 0. The number of nitrogens with two attached hydrogens (primary N) is 1. The van der Waals surface area contributed by atoms with Crippen molar-refractivity contribution in [1.82, 2.24) is 4.98 Å². The highest BCUT2D eigenvalue weighted by molar-refractivity contribution is 6.06. The van der Waals surface area contributed by atoms with Crippen LogP contribution in [0.1, 0.15) is 16.1 Å². The SMILES string of the molecule is Cc1c(C(N)=O)nc2ccc3c(c2c1-c1ccc2c(c1)OCO2)OCO3. The van der Waals surface area contributed by atoms with Crippen LogP contribution >= 0.6 is 0 Å². The number of hydrogen-bond acceptors (Lipinski definition) is 6. The second-order valence-electron chi connectivity index (χ2n) is 6.09. The first-order chi connectivity index (χ1) is 12.6. The molecule has 1 amide bonds. The highest BCUT2D eigenvalue weighted by Gasteiger charge is 2.25. The van der Waals surface area contributed by atoms with Gasteiger partial charge in [-0.1, -0.05) is 6.07 Å². The fourth-order valence-corrected chi connectivity index (χ4v) is 3.46. The van der Waals surface area contributed by atoms with Gasteiger partial charge in [0.1, 0.15) is 5.69 Å². The van der Waals surface area contributed by atoms with Gasteiger partial charge in [-0.25, -0.2) is 4.98 Å². The standard InChI is InChI=1S/C19H14N2O5/c1-9-15(10-2-4-12-14(6-10)25-7-23-12)16-11(21-17(9)19(20)22)3-5-13-18(16)26-8-24-13/h2-6H,7-8H2,1H3,(H2,20,22). The first-order valence-corrected chi connectivity index (χ1v) is 8.06. The highest BCUT2D eigenvalue weighted by atomic mass is 16.7. The van der Waals surface area contributed by atoms with E-state index in [9.17, 15) is 4.79 Å². The Morgan fingerprint density at radius 1 is 1.00 bits per heavy atom. The molecule has 0 atom stereocenters. The fourth-order valence-electron chi connectivity index (χ4n) is 3.46. The largest absolute Gasteiger partial charge is 0.454 e. The lowest BCUT2D eigenvalue weighted by molar-refractivity contribution is 0.0995. The lowest BCUT2D eigenvalue weighted by Crippen LogP contribution is -2.15. The molecule has 0 saturated heterocycles. The van der Waals surface area contributed by atoms with Crippen molar-refractivity contribution in [2.24, 2.45) is 5.73 Å². The van der Waals surface area contributed by atoms with Crippen LogP contribution in [0.4, 0.5) is 0 Å². The van der Waals surface area contributed by atoms with Crippen molar-refractivity contribution in [2.45, 2.75) is 6.92 Å². The van der Waals surface area contributed by atoms with Gasteiger partial charge in [0.25, 0.3) is 5.91 Å². The molecule has 0 aliphatic carbocycles. The maximum atomic E-state index is 11.9. The molecular weight excluding hydrogens is 336 g/mol. The number of benzene rings is 2. The lowest BCUT2D eigenvalue weighted by Gasteiger charge is -2.15. The summed E-state index contributed by atoms with van der Waals surface area (Å²) in [6.45, 7) is 2.15. The van der Waals surface area contributed by atoms with Gasteiger partial charge in [-0.05, 0) is 42.3 Å². The van der Waals surface area contributed by atoms with Gasteiger partial charge in [0.2, 0.25) is 13.6 Å². The Labute approximate surface area is 148 Å². The van der Waals surface area contributed by atoms with E-state index < -0.39 is 5.91 Å². The molecule has 0 fully saturated rings. The number of hydrogen-bond donors (Lipinski definition) is 1. The van der Waals surface area contributed by atoms with Crippen LogP contribution in [0.15, 0.2) is 30.3 Å². The van der Waals surface area contributed by atoms with Gasteiger partial charge in [-0.3, -0.25) is 4.79 Å². The number of nitrogens with zero attached hydrogens (tertiary/aromatic N) is 1. The summed E-state index contributed by atoms with van der Waals surface area (Å²) in [6, 6.07) is 9.21. The Kier molecular flexibility index (Phi) is 3.00. The molecule has 2 aliphatic heterocycles. The zero-order chi connectivity index (χ0) is 17.8. The number of amides is 1. The predicted molar refractivity (Wildman–Crippen MR) is 92.7 cm³/mol. The molecule has 5 rings (SSSR count). The number of pyridine rings is 1. The number of carbonyl (C=O) groups is 1. The molecule has 2 N–H and O–H groups in total. The zero-order valence-corrected chi connectivity index (χ0v) is 13.9. The predicted octanol–water partition coefficient (Wildman–Crippen LogP) is 2.77. The Balaban J connectivity index is 1.89.